The molecule has 1 aliphatic carbocycles. The van der Waals surface area contributed by atoms with Gasteiger partial charge in [-0.3, -0.25) is 9.48 Å². The van der Waals surface area contributed by atoms with Crippen molar-refractivity contribution in [1.82, 2.24) is 14.7 Å². The molecule has 2 fully saturated rings. The van der Waals surface area contributed by atoms with Crippen molar-refractivity contribution >= 4 is 5.91 Å². The molecular formula is C16H25N3O2. The van der Waals surface area contributed by atoms with Crippen LogP contribution < -0.4 is 0 Å². The first-order chi connectivity index (χ1) is 10.1. The van der Waals surface area contributed by atoms with Crippen molar-refractivity contribution in [3.63, 3.8) is 0 Å². The minimum Gasteiger partial charge on any atom is -0.371 e. The second kappa shape index (κ2) is 6.18. The van der Waals surface area contributed by atoms with E-state index in [0.29, 0.717) is 5.92 Å². The van der Waals surface area contributed by atoms with E-state index in [2.05, 4.69) is 18.1 Å². The number of aryl methyl sites for hydroxylation is 2. The van der Waals surface area contributed by atoms with E-state index >= 15 is 0 Å². The van der Waals surface area contributed by atoms with Gasteiger partial charge in [0.15, 0.2) is 0 Å². The maximum atomic E-state index is 12.3. The molecule has 1 aromatic heterocycles. The number of amides is 1. The normalized spacial score (nSPS) is 22.0. The van der Waals surface area contributed by atoms with E-state index in [-0.39, 0.29) is 18.6 Å². The fourth-order valence-corrected chi connectivity index (χ4v) is 3.09. The summed E-state index contributed by atoms with van der Waals surface area (Å²) in [5.74, 6) is 0.849. The third-order valence-corrected chi connectivity index (χ3v) is 4.46. The molecule has 1 aromatic rings. The first kappa shape index (κ1) is 14.6. The monoisotopic (exact) mass is 291 g/mol. The minimum absolute atomic E-state index is 0.139. The summed E-state index contributed by atoms with van der Waals surface area (Å²) in [5.41, 5.74) is 2.20. The lowest BCUT2D eigenvalue weighted by molar-refractivity contribution is -0.137. The molecule has 5 nitrogen and oxygen atoms in total. The molecule has 1 amide bonds. The summed E-state index contributed by atoms with van der Waals surface area (Å²) in [4.78, 5) is 14.3. The standard InChI is InChI=1S/C16H25N3O2/c1-12-8-13(2)19(17-12)9-15-4-3-7-18(15)16(20)11-21-10-14-5-6-14/h8,14-15H,3-7,9-11H2,1-2H3/t15-/m1/s1. The van der Waals surface area contributed by atoms with Gasteiger partial charge in [0.05, 0.1) is 24.9 Å². The Kier molecular flexibility index (Phi) is 4.29. The van der Waals surface area contributed by atoms with Crippen LogP contribution in [0.5, 0.6) is 0 Å². The van der Waals surface area contributed by atoms with E-state index in [1.807, 2.05) is 16.5 Å². The molecular weight excluding hydrogens is 266 g/mol. The fourth-order valence-electron chi connectivity index (χ4n) is 3.09. The number of aromatic nitrogens is 2. The summed E-state index contributed by atoms with van der Waals surface area (Å²) in [6, 6.07) is 2.35. The Morgan fingerprint density at radius 2 is 2.19 bits per heavy atom. The van der Waals surface area contributed by atoms with Gasteiger partial charge >= 0.3 is 0 Å². The number of likely N-dealkylation sites (tertiary alicyclic amines) is 1. The maximum absolute atomic E-state index is 12.3. The number of hydrogen-bond donors (Lipinski definition) is 0. The Bertz CT molecular complexity index is 508. The number of carbonyl (C=O) groups is 1. The van der Waals surface area contributed by atoms with Crippen LogP contribution in [0.25, 0.3) is 0 Å². The third kappa shape index (κ3) is 3.64. The molecule has 0 unspecified atom stereocenters. The zero-order valence-electron chi connectivity index (χ0n) is 13.0. The molecule has 3 rings (SSSR count). The van der Waals surface area contributed by atoms with E-state index in [1.54, 1.807) is 0 Å². The number of nitrogens with zero attached hydrogens (tertiary/aromatic N) is 3. The van der Waals surface area contributed by atoms with E-state index < -0.39 is 0 Å². The van der Waals surface area contributed by atoms with Gasteiger partial charge in [0.25, 0.3) is 0 Å². The van der Waals surface area contributed by atoms with Gasteiger partial charge in [0.2, 0.25) is 5.91 Å². The molecule has 0 N–H and O–H groups in total. The van der Waals surface area contributed by atoms with Crippen molar-refractivity contribution in [2.45, 2.75) is 52.1 Å². The van der Waals surface area contributed by atoms with Crippen LogP contribution in [0.1, 0.15) is 37.1 Å². The van der Waals surface area contributed by atoms with Gasteiger partial charge in [-0.2, -0.15) is 5.10 Å². The molecule has 1 aliphatic heterocycles. The van der Waals surface area contributed by atoms with Crippen LogP contribution in [-0.2, 0) is 16.1 Å². The molecule has 1 atom stereocenters. The van der Waals surface area contributed by atoms with Crippen LogP contribution >= 0.6 is 0 Å². The highest BCUT2D eigenvalue weighted by Gasteiger charge is 2.30. The van der Waals surface area contributed by atoms with Gasteiger partial charge in [-0.25, -0.2) is 0 Å². The smallest absolute Gasteiger partial charge is 0.248 e. The second-order valence-corrected chi connectivity index (χ2v) is 6.45. The first-order valence-corrected chi connectivity index (χ1v) is 8.02. The van der Waals surface area contributed by atoms with Gasteiger partial charge < -0.3 is 9.64 Å². The van der Waals surface area contributed by atoms with Crippen LogP contribution in [0.2, 0.25) is 0 Å². The molecule has 2 heterocycles. The first-order valence-electron chi connectivity index (χ1n) is 8.02. The van der Waals surface area contributed by atoms with Crippen LogP contribution in [0.15, 0.2) is 6.07 Å². The Morgan fingerprint density at radius 1 is 1.38 bits per heavy atom. The van der Waals surface area contributed by atoms with Crippen LogP contribution in [0, 0.1) is 19.8 Å². The molecule has 2 aliphatic rings. The van der Waals surface area contributed by atoms with Crippen molar-refractivity contribution in [3.8, 4) is 0 Å². The predicted octanol–water partition coefficient (Wildman–Crippen LogP) is 1.92. The van der Waals surface area contributed by atoms with Gasteiger partial charge in [-0.1, -0.05) is 0 Å². The highest BCUT2D eigenvalue weighted by atomic mass is 16.5. The summed E-state index contributed by atoms with van der Waals surface area (Å²) >= 11 is 0. The number of carbonyl (C=O) groups excluding carboxylic acids is 1. The molecule has 0 bridgehead atoms. The van der Waals surface area contributed by atoms with E-state index in [9.17, 15) is 4.79 Å². The summed E-state index contributed by atoms with van der Waals surface area (Å²) in [6.45, 7) is 6.72. The van der Waals surface area contributed by atoms with Crippen LogP contribution in [0.3, 0.4) is 0 Å². The Morgan fingerprint density at radius 3 is 2.86 bits per heavy atom. The minimum atomic E-state index is 0.139. The predicted molar refractivity (Wildman–Crippen MR) is 80.0 cm³/mol. The average Bonchev–Trinajstić information content (AvgIpc) is 3.04. The highest BCUT2D eigenvalue weighted by molar-refractivity contribution is 5.78. The lowest BCUT2D eigenvalue weighted by atomic mass is 10.2. The zero-order valence-corrected chi connectivity index (χ0v) is 13.0. The van der Waals surface area contributed by atoms with Gasteiger partial charge in [0, 0.05) is 12.2 Å². The summed E-state index contributed by atoms with van der Waals surface area (Å²) in [7, 11) is 0. The number of ether oxygens (including phenoxy) is 1. The zero-order chi connectivity index (χ0) is 14.8. The number of rotatable bonds is 6. The maximum Gasteiger partial charge on any atom is 0.248 e. The molecule has 1 saturated carbocycles. The Labute approximate surface area is 126 Å². The molecule has 0 aromatic carbocycles. The van der Waals surface area contributed by atoms with Crippen molar-refractivity contribution < 1.29 is 9.53 Å². The average molecular weight is 291 g/mol. The molecule has 0 radical (unpaired) electrons. The van der Waals surface area contributed by atoms with E-state index in [0.717, 1.165) is 43.9 Å². The molecule has 5 heteroatoms. The fraction of sp³-hybridized carbons (Fsp3) is 0.750. The SMILES string of the molecule is Cc1cc(C)n(C[C@H]2CCCN2C(=O)COCC2CC2)n1. The van der Waals surface area contributed by atoms with Crippen molar-refractivity contribution in [2.24, 2.45) is 5.92 Å². The lowest BCUT2D eigenvalue weighted by Crippen LogP contribution is -2.40. The summed E-state index contributed by atoms with van der Waals surface area (Å²) < 4.78 is 7.57. The number of hydrogen-bond acceptors (Lipinski definition) is 3. The van der Waals surface area contributed by atoms with Gasteiger partial charge in [-0.05, 0) is 51.5 Å². The Balaban J connectivity index is 1.53. The second-order valence-electron chi connectivity index (χ2n) is 6.45. The van der Waals surface area contributed by atoms with Crippen molar-refractivity contribution in [3.05, 3.63) is 17.5 Å². The Hall–Kier alpha value is -1.36. The summed E-state index contributed by atoms with van der Waals surface area (Å²) in [5, 5.41) is 4.51. The van der Waals surface area contributed by atoms with E-state index in [1.165, 1.54) is 12.8 Å². The van der Waals surface area contributed by atoms with Crippen molar-refractivity contribution in [1.29, 1.82) is 0 Å². The third-order valence-electron chi connectivity index (χ3n) is 4.46. The van der Waals surface area contributed by atoms with Crippen LogP contribution in [-0.4, -0.2) is 46.4 Å². The highest BCUT2D eigenvalue weighted by Crippen LogP contribution is 2.28. The molecule has 21 heavy (non-hydrogen) atoms. The van der Waals surface area contributed by atoms with Gasteiger partial charge in [-0.15, -0.1) is 0 Å². The quantitative estimate of drug-likeness (QED) is 0.804. The van der Waals surface area contributed by atoms with Crippen LogP contribution in [0.4, 0.5) is 0 Å². The molecule has 1 saturated heterocycles. The lowest BCUT2D eigenvalue weighted by Gasteiger charge is -2.25. The van der Waals surface area contributed by atoms with Gasteiger partial charge in [0.1, 0.15) is 6.61 Å². The van der Waals surface area contributed by atoms with E-state index in [4.69, 9.17) is 4.74 Å². The molecule has 116 valence electrons. The largest absolute Gasteiger partial charge is 0.371 e. The van der Waals surface area contributed by atoms with Crippen molar-refractivity contribution in [2.75, 3.05) is 19.8 Å². The topological polar surface area (TPSA) is 47.4 Å². The molecule has 0 spiro atoms. The summed E-state index contributed by atoms with van der Waals surface area (Å²) in [6.07, 6.45) is 4.67.